The van der Waals surface area contributed by atoms with E-state index in [1.807, 2.05) is 29.7 Å². The third-order valence-corrected chi connectivity index (χ3v) is 12.5. The minimum absolute atomic E-state index is 0.00367. The van der Waals surface area contributed by atoms with Crippen molar-refractivity contribution in [2.45, 2.75) is 134 Å². The van der Waals surface area contributed by atoms with Gasteiger partial charge in [0.05, 0.1) is 5.03 Å². The van der Waals surface area contributed by atoms with E-state index in [9.17, 15) is 14.4 Å². The number of hydrogen-bond donors (Lipinski definition) is 2. The second kappa shape index (κ2) is 15.5. The summed E-state index contributed by atoms with van der Waals surface area (Å²) in [6.45, 7) is 7.91. The maximum Gasteiger partial charge on any atom is 0.276 e. The van der Waals surface area contributed by atoms with Gasteiger partial charge in [0.2, 0.25) is 11.8 Å². The lowest BCUT2D eigenvalue weighted by molar-refractivity contribution is -0.124. The van der Waals surface area contributed by atoms with E-state index in [1.165, 1.54) is 56.4 Å². The van der Waals surface area contributed by atoms with E-state index < -0.39 is 0 Å². The van der Waals surface area contributed by atoms with Gasteiger partial charge in [-0.25, -0.2) is 0 Å². The molecule has 3 unspecified atom stereocenters. The van der Waals surface area contributed by atoms with Crippen molar-refractivity contribution in [1.82, 2.24) is 25.3 Å². The lowest BCUT2D eigenvalue weighted by Crippen LogP contribution is -2.43. The normalized spacial score (nSPS) is 31.6. The molecule has 3 saturated carbocycles. The first-order chi connectivity index (χ1) is 21.3. The van der Waals surface area contributed by atoms with Crippen molar-refractivity contribution >= 4 is 46.8 Å². The fourth-order valence-corrected chi connectivity index (χ4v) is 10.3. The quantitative estimate of drug-likeness (QED) is 0.234. The van der Waals surface area contributed by atoms with Crippen LogP contribution in [0.2, 0.25) is 0 Å². The number of carbonyl (C=O) groups excluding carboxylic acids is 3. The molecule has 0 aromatic heterocycles. The van der Waals surface area contributed by atoms with Crippen LogP contribution in [0, 0.1) is 11.8 Å². The summed E-state index contributed by atoms with van der Waals surface area (Å²) >= 11 is 7.75. The van der Waals surface area contributed by atoms with Gasteiger partial charge >= 0.3 is 0 Å². The average molecular weight is 644 g/mol. The first-order valence-electron chi connectivity index (χ1n) is 17.3. The number of thiocarbonyl (C=S) groups is 1. The van der Waals surface area contributed by atoms with Crippen LogP contribution in [-0.2, 0) is 14.4 Å². The molecule has 244 valence electrons. The fourth-order valence-electron chi connectivity index (χ4n) is 8.33. The van der Waals surface area contributed by atoms with Crippen LogP contribution in [0.25, 0.3) is 0 Å². The SMILES string of the molecule is CCN1C(=S)N(CCCC(=O)NC2CCC(NC(C)=O)CC2)C(=O)/C1=C\C=C1/SC2CCC(C3CCCCC3)CC2N1CC. The second-order valence-corrected chi connectivity index (χ2v) is 15.1. The van der Waals surface area contributed by atoms with Crippen molar-refractivity contribution in [3.63, 3.8) is 0 Å². The summed E-state index contributed by atoms with van der Waals surface area (Å²) < 4.78 is 0. The summed E-state index contributed by atoms with van der Waals surface area (Å²) in [5, 5.41) is 8.60. The van der Waals surface area contributed by atoms with Crippen molar-refractivity contribution in [2.75, 3.05) is 19.6 Å². The highest BCUT2D eigenvalue weighted by atomic mass is 32.2. The van der Waals surface area contributed by atoms with Crippen LogP contribution in [0.4, 0.5) is 0 Å². The average Bonchev–Trinajstić information content (AvgIpc) is 3.49. The van der Waals surface area contributed by atoms with E-state index >= 15 is 0 Å². The Hall–Kier alpha value is -2.07. The Morgan fingerprint density at radius 3 is 2.25 bits per heavy atom. The molecule has 10 heteroatoms. The second-order valence-electron chi connectivity index (χ2n) is 13.4. The predicted octanol–water partition coefficient (Wildman–Crippen LogP) is 5.69. The maximum atomic E-state index is 13.6. The molecule has 5 rings (SSSR count). The molecular weight excluding hydrogens is 591 g/mol. The lowest BCUT2D eigenvalue weighted by Gasteiger charge is -2.40. The molecule has 3 amide bonds. The largest absolute Gasteiger partial charge is 0.363 e. The lowest BCUT2D eigenvalue weighted by atomic mass is 9.72. The number of rotatable bonds is 10. The highest BCUT2D eigenvalue weighted by Crippen LogP contribution is 2.49. The highest BCUT2D eigenvalue weighted by Gasteiger charge is 2.43. The standard InChI is InChI=1S/C34H53N5O3S2/c1-4-37-29-22-25(24-10-7-6-8-11-24)13-19-30(29)44-32(37)20-18-28-33(42)39(34(43)38(28)5-2)21-9-12-31(41)36-27-16-14-26(15-17-27)35-23(3)40/h18,20,24-27,29-30H,4-17,19,21-22H2,1-3H3,(H,35,40)(H,36,41)/b28-18+,32-20-. The van der Waals surface area contributed by atoms with Crippen molar-refractivity contribution in [2.24, 2.45) is 11.8 Å². The molecule has 0 spiro atoms. The molecule has 8 nitrogen and oxygen atoms in total. The molecule has 0 bridgehead atoms. The van der Waals surface area contributed by atoms with E-state index in [1.54, 1.807) is 11.8 Å². The fraction of sp³-hybridized carbons (Fsp3) is 0.765. The van der Waals surface area contributed by atoms with E-state index in [-0.39, 0.29) is 29.8 Å². The Labute approximate surface area is 274 Å². The van der Waals surface area contributed by atoms with E-state index in [0.717, 1.165) is 44.1 Å². The number of nitrogens with zero attached hydrogens (tertiary/aromatic N) is 3. The summed E-state index contributed by atoms with van der Waals surface area (Å²) in [5.41, 5.74) is 0.636. The van der Waals surface area contributed by atoms with Crippen molar-refractivity contribution < 1.29 is 14.4 Å². The Kier molecular flexibility index (Phi) is 11.7. The van der Waals surface area contributed by atoms with Crippen LogP contribution in [0.1, 0.15) is 111 Å². The number of fused-ring (bicyclic) bond motifs is 1. The number of hydrogen-bond acceptors (Lipinski definition) is 6. The van der Waals surface area contributed by atoms with E-state index in [4.69, 9.17) is 12.2 Å². The Balaban J connectivity index is 1.14. The molecule has 2 N–H and O–H groups in total. The van der Waals surface area contributed by atoms with Crippen LogP contribution in [0.15, 0.2) is 22.9 Å². The number of carbonyl (C=O) groups is 3. The third-order valence-electron chi connectivity index (χ3n) is 10.6. The Bertz CT molecular complexity index is 1130. The molecule has 2 saturated heterocycles. The van der Waals surface area contributed by atoms with Crippen molar-refractivity contribution in [3.8, 4) is 0 Å². The smallest absolute Gasteiger partial charge is 0.276 e. The number of thioether (sulfide) groups is 1. The summed E-state index contributed by atoms with van der Waals surface area (Å²) in [6, 6.07) is 0.966. The summed E-state index contributed by atoms with van der Waals surface area (Å²) in [6.07, 6.45) is 19.7. The number of amides is 3. The zero-order valence-electron chi connectivity index (χ0n) is 27.0. The summed E-state index contributed by atoms with van der Waals surface area (Å²) in [5.74, 6) is 1.75. The Morgan fingerprint density at radius 2 is 1.59 bits per heavy atom. The van der Waals surface area contributed by atoms with Gasteiger partial charge in [-0.15, -0.1) is 11.8 Å². The molecule has 2 aliphatic heterocycles. The minimum Gasteiger partial charge on any atom is -0.363 e. The van der Waals surface area contributed by atoms with Gasteiger partial charge in [-0.1, -0.05) is 32.1 Å². The summed E-state index contributed by atoms with van der Waals surface area (Å²) in [7, 11) is 0. The monoisotopic (exact) mass is 643 g/mol. The van der Waals surface area contributed by atoms with Crippen molar-refractivity contribution in [1.29, 1.82) is 0 Å². The van der Waals surface area contributed by atoms with Gasteiger partial charge in [-0.3, -0.25) is 19.3 Å². The predicted molar refractivity (Wildman–Crippen MR) is 182 cm³/mol. The maximum absolute atomic E-state index is 13.6. The molecule has 3 aliphatic carbocycles. The molecule has 0 aromatic rings. The molecule has 3 atom stereocenters. The van der Waals surface area contributed by atoms with Crippen molar-refractivity contribution in [3.05, 3.63) is 22.9 Å². The Morgan fingerprint density at radius 1 is 0.886 bits per heavy atom. The van der Waals surface area contributed by atoms with Crippen LogP contribution >= 0.6 is 24.0 Å². The molecule has 2 heterocycles. The number of allylic oxidation sites excluding steroid dienone is 2. The molecule has 44 heavy (non-hydrogen) atoms. The van der Waals surface area contributed by atoms with Crippen LogP contribution in [-0.4, -0.2) is 80.5 Å². The number of nitrogens with one attached hydrogen (secondary N) is 2. The van der Waals surface area contributed by atoms with Gasteiger partial charge in [-0.05, 0) is 101 Å². The molecule has 0 aromatic carbocycles. The molecule has 5 fully saturated rings. The minimum atomic E-state index is -0.0637. The van der Waals surface area contributed by atoms with Gasteiger partial charge < -0.3 is 20.4 Å². The zero-order valence-corrected chi connectivity index (χ0v) is 28.7. The molecule has 5 aliphatic rings. The van der Waals surface area contributed by atoms with Crippen LogP contribution in [0.3, 0.4) is 0 Å². The van der Waals surface area contributed by atoms with Crippen LogP contribution < -0.4 is 10.6 Å². The number of likely N-dealkylation sites (N-methyl/N-ethyl adjacent to an activating group) is 1. The zero-order chi connectivity index (χ0) is 31.2. The molecular formula is C34H53N5O3S2. The van der Waals surface area contributed by atoms with E-state index in [2.05, 4.69) is 28.5 Å². The van der Waals surface area contributed by atoms with E-state index in [0.29, 0.717) is 48.0 Å². The first kappa shape index (κ1) is 33.3. The van der Waals surface area contributed by atoms with Gasteiger partial charge in [-0.2, -0.15) is 0 Å². The van der Waals surface area contributed by atoms with Gasteiger partial charge in [0.25, 0.3) is 5.91 Å². The third kappa shape index (κ3) is 7.83. The van der Waals surface area contributed by atoms with Gasteiger partial charge in [0.1, 0.15) is 5.70 Å². The first-order valence-corrected chi connectivity index (χ1v) is 18.6. The summed E-state index contributed by atoms with van der Waals surface area (Å²) in [4.78, 5) is 43.7. The van der Waals surface area contributed by atoms with Gasteiger partial charge in [0.15, 0.2) is 5.11 Å². The topological polar surface area (TPSA) is 85.0 Å². The van der Waals surface area contributed by atoms with Crippen LogP contribution in [0.5, 0.6) is 0 Å². The highest BCUT2D eigenvalue weighted by molar-refractivity contribution is 8.03. The molecule has 0 radical (unpaired) electrons. The van der Waals surface area contributed by atoms with Gasteiger partial charge in [0, 0.05) is 56.4 Å².